The lowest BCUT2D eigenvalue weighted by atomic mass is 9.96. The Hall–Kier alpha value is -0.790. The van der Waals surface area contributed by atoms with E-state index in [1.807, 2.05) is 0 Å². The van der Waals surface area contributed by atoms with Crippen LogP contribution in [0.5, 0.6) is 0 Å². The molecule has 1 spiro atoms. The van der Waals surface area contributed by atoms with Crippen molar-refractivity contribution in [1.82, 2.24) is 10.2 Å². The maximum atomic E-state index is 12.2. The zero-order chi connectivity index (χ0) is 11.8. The average molecular weight is 261 g/mol. The number of likely N-dealkylation sites (tertiary alicyclic amines) is 1. The molecule has 2 saturated heterocycles. The van der Waals surface area contributed by atoms with Crippen LogP contribution in [0.1, 0.15) is 19.3 Å². The molecule has 2 atom stereocenters. The summed E-state index contributed by atoms with van der Waals surface area (Å²) in [4.78, 5) is 24.7. The van der Waals surface area contributed by atoms with Crippen LogP contribution in [0.15, 0.2) is 0 Å². The SMILES string of the molecule is NC(=O)[C@H](CO)N1CCC2(CCCN2)C1=O.S. The second-order valence-electron chi connectivity index (χ2n) is 4.46. The molecule has 2 amide bonds. The van der Waals surface area contributed by atoms with E-state index in [0.717, 1.165) is 19.4 Å². The highest BCUT2D eigenvalue weighted by molar-refractivity contribution is 7.59. The van der Waals surface area contributed by atoms with Crippen molar-refractivity contribution in [2.45, 2.75) is 30.8 Å². The van der Waals surface area contributed by atoms with Crippen LogP contribution >= 0.6 is 13.5 Å². The van der Waals surface area contributed by atoms with Crippen LogP contribution in [-0.2, 0) is 9.59 Å². The number of aliphatic hydroxyl groups is 1. The quantitative estimate of drug-likeness (QED) is 0.564. The lowest BCUT2D eigenvalue weighted by molar-refractivity contribution is -0.140. The number of carbonyl (C=O) groups excluding carboxylic acids is 2. The van der Waals surface area contributed by atoms with Crippen LogP contribution in [0.2, 0.25) is 0 Å². The molecular formula is C10H19N3O3S. The summed E-state index contributed by atoms with van der Waals surface area (Å²) in [6.45, 7) is 0.914. The van der Waals surface area contributed by atoms with Crippen LogP contribution < -0.4 is 11.1 Å². The minimum Gasteiger partial charge on any atom is -0.394 e. The normalized spacial score (nSPS) is 29.5. The topological polar surface area (TPSA) is 95.7 Å². The first-order chi connectivity index (χ1) is 7.60. The molecule has 0 radical (unpaired) electrons. The van der Waals surface area contributed by atoms with Gasteiger partial charge < -0.3 is 21.1 Å². The summed E-state index contributed by atoms with van der Waals surface area (Å²) in [7, 11) is 0. The van der Waals surface area contributed by atoms with Gasteiger partial charge in [0, 0.05) is 6.54 Å². The van der Waals surface area contributed by atoms with Crippen LogP contribution in [0, 0.1) is 0 Å². The van der Waals surface area contributed by atoms with E-state index in [0.29, 0.717) is 13.0 Å². The molecule has 0 aliphatic carbocycles. The zero-order valence-electron chi connectivity index (χ0n) is 9.61. The Morgan fingerprint density at radius 3 is 2.76 bits per heavy atom. The predicted molar refractivity (Wildman–Crippen MR) is 66.7 cm³/mol. The Morgan fingerprint density at radius 2 is 2.29 bits per heavy atom. The van der Waals surface area contributed by atoms with Crippen molar-refractivity contribution in [3.05, 3.63) is 0 Å². The van der Waals surface area contributed by atoms with Crippen molar-refractivity contribution in [3.8, 4) is 0 Å². The third kappa shape index (κ3) is 2.27. The molecule has 0 saturated carbocycles. The van der Waals surface area contributed by atoms with E-state index in [4.69, 9.17) is 10.8 Å². The van der Waals surface area contributed by atoms with Crippen molar-refractivity contribution in [2.75, 3.05) is 19.7 Å². The number of aliphatic hydroxyl groups excluding tert-OH is 1. The molecule has 1 unspecified atom stereocenters. The Balaban J connectivity index is 0.00000144. The summed E-state index contributed by atoms with van der Waals surface area (Å²) in [5.74, 6) is -0.742. The summed E-state index contributed by atoms with van der Waals surface area (Å²) in [5, 5.41) is 12.3. The Labute approximate surface area is 107 Å². The summed E-state index contributed by atoms with van der Waals surface area (Å²) in [6.07, 6.45) is 2.47. The number of nitrogens with zero attached hydrogens (tertiary/aromatic N) is 1. The highest BCUT2D eigenvalue weighted by atomic mass is 32.1. The van der Waals surface area contributed by atoms with E-state index in [-0.39, 0.29) is 19.4 Å². The summed E-state index contributed by atoms with van der Waals surface area (Å²) in [6, 6.07) is -0.880. The molecule has 2 heterocycles. The third-order valence-electron chi connectivity index (χ3n) is 3.57. The number of rotatable bonds is 3. The van der Waals surface area contributed by atoms with Gasteiger partial charge in [0.15, 0.2) is 0 Å². The molecule has 4 N–H and O–H groups in total. The molecule has 2 aliphatic rings. The fourth-order valence-electron chi connectivity index (χ4n) is 2.64. The van der Waals surface area contributed by atoms with Gasteiger partial charge >= 0.3 is 0 Å². The molecule has 0 aromatic rings. The molecule has 98 valence electrons. The number of nitrogens with one attached hydrogen (secondary N) is 1. The molecule has 6 nitrogen and oxygen atoms in total. The van der Waals surface area contributed by atoms with Crippen LogP contribution in [0.25, 0.3) is 0 Å². The number of amides is 2. The van der Waals surface area contributed by atoms with Gasteiger partial charge in [0.05, 0.1) is 12.1 Å². The highest BCUT2D eigenvalue weighted by Crippen LogP contribution is 2.32. The van der Waals surface area contributed by atoms with Crippen molar-refractivity contribution in [3.63, 3.8) is 0 Å². The summed E-state index contributed by atoms with van der Waals surface area (Å²) < 4.78 is 0. The second-order valence-corrected chi connectivity index (χ2v) is 4.46. The van der Waals surface area contributed by atoms with Crippen molar-refractivity contribution < 1.29 is 14.7 Å². The molecule has 0 aromatic heterocycles. The number of carbonyl (C=O) groups is 2. The first kappa shape index (κ1) is 14.3. The smallest absolute Gasteiger partial charge is 0.243 e. The molecule has 17 heavy (non-hydrogen) atoms. The minimum absolute atomic E-state index is 0. The molecule has 0 bridgehead atoms. The predicted octanol–water partition coefficient (Wildman–Crippen LogP) is -1.70. The zero-order valence-corrected chi connectivity index (χ0v) is 10.6. The molecular weight excluding hydrogens is 242 g/mol. The van der Waals surface area contributed by atoms with Gasteiger partial charge in [0.25, 0.3) is 0 Å². The number of nitrogens with two attached hydrogens (primary N) is 1. The van der Waals surface area contributed by atoms with Crippen LogP contribution in [0.4, 0.5) is 0 Å². The fourth-order valence-corrected chi connectivity index (χ4v) is 2.64. The number of hydrogen-bond acceptors (Lipinski definition) is 4. The van der Waals surface area contributed by atoms with E-state index in [9.17, 15) is 9.59 Å². The van der Waals surface area contributed by atoms with E-state index >= 15 is 0 Å². The molecule has 0 aromatic carbocycles. The largest absolute Gasteiger partial charge is 0.394 e. The fraction of sp³-hybridized carbons (Fsp3) is 0.800. The highest BCUT2D eigenvalue weighted by Gasteiger charge is 2.50. The Bertz CT molecular complexity index is 318. The van der Waals surface area contributed by atoms with Gasteiger partial charge in [-0.1, -0.05) is 0 Å². The molecule has 7 heteroatoms. The van der Waals surface area contributed by atoms with Crippen LogP contribution in [-0.4, -0.2) is 53.1 Å². The van der Waals surface area contributed by atoms with Crippen molar-refractivity contribution in [2.24, 2.45) is 5.73 Å². The van der Waals surface area contributed by atoms with E-state index in [1.54, 1.807) is 0 Å². The van der Waals surface area contributed by atoms with E-state index in [2.05, 4.69) is 5.32 Å². The first-order valence-corrected chi connectivity index (χ1v) is 5.57. The molecule has 2 fully saturated rings. The Kier molecular flexibility index (Phi) is 4.40. The minimum atomic E-state index is -0.880. The first-order valence-electron chi connectivity index (χ1n) is 5.57. The van der Waals surface area contributed by atoms with Crippen LogP contribution in [0.3, 0.4) is 0 Å². The molecule has 2 aliphatic heterocycles. The van der Waals surface area contributed by atoms with Gasteiger partial charge in [-0.2, -0.15) is 13.5 Å². The third-order valence-corrected chi connectivity index (χ3v) is 3.57. The monoisotopic (exact) mass is 261 g/mol. The van der Waals surface area contributed by atoms with E-state index in [1.165, 1.54) is 4.90 Å². The van der Waals surface area contributed by atoms with Gasteiger partial charge in [-0.05, 0) is 25.8 Å². The summed E-state index contributed by atoms with van der Waals surface area (Å²) >= 11 is 0. The number of hydrogen-bond donors (Lipinski definition) is 3. The number of primary amides is 1. The van der Waals surface area contributed by atoms with Crippen molar-refractivity contribution >= 4 is 25.3 Å². The van der Waals surface area contributed by atoms with Gasteiger partial charge in [-0.25, -0.2) is 0 Å². The maximum absolute atomic E-state index is 12.2. The van der Waals surface area contributed by atoms with Gasteiger partial charge in [0.2, 0.25) is 11.8 Å². The maximum Gasteiger partial charge on any atom is 0.243 e. The second kappa shape index (κ2) is 5.24. The Morgan fingerprint density at radius 1 is 1.59 bits per heavy atom. The lowest BCUT2D eigenvalue weighted by Gasteiger charge is -2.26. The van der Waals surface area contributed by atoms with Gasteiger partial charge in [-0.15, -0.1) is 0 Å². The molecule has 2 rings (SSSR count). The van der Waals surface area contributed by atoms with Crippen molar-refractivity contribution in [1.29, 1.82) is 0 Å². The lowest BCUT2D eigenvalue weighted by Crippen LogP contribution is -2.53. The van der Waals surface area contributed by atoms with Gasteiger partial charge in [0.1, 0.15) is 6.04 Å². The van der Waals surface area contributed by atoms with E-state index < -0.39 is 24.1 Å². The average Bonchev–Trinajstić information content (AvgIpc) is 2.82. The standard InChI is InChI=1S/C10H17N3O3.H2S/c11-8(15)7(6-14)13-5-3-10(9(13)16)2-1-4-12-10;/h7,12,14H,1-6H2,(H2,11,15);1H2/t7-,10?;/m0./s1. The summed E-state index contributed by atoms with van der Waals surface area (Å²) in [5.41, 5.74) is 4.67. The van der Waals surface area contributed by atoms with Gasteiger partial charge in [-0.3, -0.25) is 9.59 Å².